The topological polar surface area (TPSA) is 52.0 Å². The van der Waals surface area contributed by atoms with E-state index in [-0.39, 0.29) is 0 Å². The van der Waals surface area contributed by atoms with Crippen LogP contribution >= 0.6 is 0 Å². The van der Waals surface area contributed by atoms with E-state index in [4.69, 9.17) is 11.5 Å². The number of hydrogen-bond acceptors (Lipinski definition) is 2. The quantitative estimate of drug-likeness (QED) is 0.164. The summed E-state index contributed by atoms with van der Waals surface area (Å²) in [5.41, 5.74) is 24.8. The maximum atomic E-state index is 6.07. The molecule has 4 aromatic rings. The molecule has 41 heavy (non-hydrogen) atoms. The lowest BCUT2D eigenvalue weighted by molar-refractivity contribution is 0.646. The van der Waals surface area contributed by atoms with Gasteiger partial charge in [0.1, 0.15) is 0 Å². The maximum absolute atomic E-state index is 6.07. The van der Waals surface area contributed by atoms with E-state index in [9.17, 15) is 0 Å². The highest BCUT2D eigenvalue weighted by molar-refractivity contribution is 5.49. The Hall–Kier alpha value is -3.52. The normalized spacial score (nSPS) is 13.6. The summed E-state index contributed by atoms with van der Waals surface area (Å²) in [6, 6.07) is 31.7. The number of nitrogen functional groups attached to an aromatic ring is 2. The van der Waals surface area contributed by atoms with E-state index in [1.165, 1.54) is 70.2 Å². The van der Waals surface area contributed by atoms with E-state index >= 15 is 0 Å². The first-order chi connectivity index (χ1) is 19.9. The molecule has 216 valence electrons. The third kappa shape index (κ3) is 7.41. The lowest BCUT2D eigenvalue weighted by Crippen LogP contribution is -2.06. The van der Waals surface area contributed by atoms with E-state index in [0.717, 1.165) is 30.6 Å². The highest BCUT2D eigenvalue weighted by Crippen LogP contribution is 2.37. The standard InChI is InChI=1S/C39H50N2/c1-6-9-11-38(36-23-21-33(40)25-27(36)4)31-17-13-29(14-18-31)35(8-3)30-15-19-32(20-16-30)39(12-10-7-2)37-24-22-34(41)26-28(37)5/h13-26,35,38-39H,6-12,40-41H2,1-5H3. The molecule has 0 aliphatic heterocycles. The molecule has 0 saturated heterocycles. The average molecular weight is 547 g/mol. The second kappa shape index (κ2) is 14.4. The zero-order chi connectivity index (χ0) is 29.4. The van der Waals surface area contributed by atoms with Crippen molar-refractivity contribution < 1.29 is 0 Å². The van der Waals surface area contributed by atoms with Gasteiger partial charge < -0.3 is 11.5 Å². The van der Waals surface area contributed by atoms with Crippen molar-refractivity contribution in [1.29, 1.82) is 0 Å². The summed E-state index contributed by atoms with van der Waals surface area (Å²) in [5.74, 6) is 1.19. The monoisotopic (exact) mass is 546 g/mol. The molecule has 0 heterocycles. The fourth-order valence-electron chi connectivity index (χ4n) is 6.58. The van der Waals surface area contributed by atoms with Gasteiger partial charge in [0.25, 0.3) is 0 Å². The Kier molecular flexibility index (Phi) is 10.7. The molecule has 0 bridgehead atoms. The van der Waals surface area contributed by atoms with Gasteiger partial charge in [-0.1, -0.05) is 107 Å². The molecule has 2 nitrogen and oxygen atoms in total. The van der Waals surface area contributed by atoms with E-state index < -0.39 is 0 Å². The maximum Gasteiger partial charge on any atom is 0.0316 e. The third-order valence-corrected chi connectivity index (χ3v) is 8.92. The van der Waals surface area contributed by atoms with Gasteiger partial charge in [0.2, 0.25) is 0 Å². The molecule has 4 aromatic carbocycles. The Morgan fingerprint density at radius 1 is 0.488 bits per heavy atom. The van der Waals surface area contributed by atoms with Crippen LogP contribution in [0.3, 0.4) is 0 Å². The summed E-state index contributed by atoms with van der Waals surface area (Å²) >= 11 is 0. The molecule has 2 atom stereocenters. The van der Waals surface area contributed by atoms with Gasteiger partial charge in [-0.05, 0) is 102 Å². The van der Waals surface area contributed by atoms with Crippen molar-refractivity contribution in [1.82, 2.24) is 0 Å². The Balaban J connectivity index is 1.59. The van der Waals surface area contributed by atoms with E-state index in [0.29, 0.717) is 17.8 Å². The summed E-state index contributed by atoms with van der Waals surface area (Å²) in [6.45, 7) is 11.2. The number of hydrogen-bond donors (Lipinski definition) is 2. The number of rotatable bonds is 13. The SMILES string of the molecule is CCCCC(c1ccc(C(CC)c2ccc(C(CCCC)c3ccc(N)cc3C)cc2)cc1)c1ccc(N)cc1C. The highest BCUT2D eigenvalue weighted by atomic mass is 14.5. The van der Waals surface area contributed by atoms with Gasteiger partial charge in [0.15, 0.2) is 0 Å². The molecule has 0 saturated carbocycles. The fraction of sp³-hybridized carbons (Fsp3) is 0.385. The zero-order valence-corrected chi connectivity index (χ0v) is 25.9. The van der Waals surface area contributed by atoms with Crippen LogP contribution in [0.4, 0.5) is 11.4 Å². The minimum absolute atomic E-state index is 0.387. The van der Waals surface area contributed by atoms with Crippen molar-refractivity contribution in [2.75, 3.05) is 11.5 Å². The van der Waals surface area contributed by atoms with Crippen LogP contribution in [-0.2, 0) is 0 Å². The molecule has 0 aliphatic rings. The van der Waals surface area contributed by atoms with Crippen LogP contribution in [0.2, 0.25) is 0 Å². The number of anilines is 2. The van der Waals surface area contributed by atoms with Crippen LogP contribution < -0.4 is 11.5 Å². The summed E-state index contributed by atoms with van der Waals surface area (Å²) in [5, 5.41) is 0. The second-order valence-electron chi connectivity index (χ2n) is 11.9. The van der Waals surface area contributed by atoms with Gasteiger partial charge >= 0.3 is 0 Å². The largest absolute Gasteiger partial charge is 0.399 e. The number of aryl methyl sites for hydroxylation is 2. The molecule has 0 aromatic heterocycles. The zero-order valence-electron chi connectivity index (χ0n) is 25.9. The smallest absolute Gasteiger partial charge is 0.0316 e. The molecule has 0 fully saturated rings. The van der Waals surface area contributed by atoms with Crippen LogP contribution in [0.1, 0.15) is 128 Å². The molecule has 0 amide bonds. The molecule has 0 radical (unpaired) electrons. The van der Waals surface area contributed by atoms with E-state index in [1.54, 1.807) is 0 Å². The summed E-state index contributed by atoms with van der Waals surface area (Å²) in [4.78, 5) is 0. The summed E-state index contributed by atoms with van der Waals surface area (Å²) in [6.07, 6.45) is 8.23. The van der Waals surface area contributed by atoms with Crippen LogP contribution in [0.5, 0.6) is 0 Å². The van der Waals surface area contributed by atoms with Crippen LogP contribution in [0.25, 0.3) is 0 Å². The molecule has 0 spiro atoms. The van der Waals surface area contributed by atoms with Crippen LogP contribution in [0, 0.1) is 13.8 Å². The Labute approximate surface area is 249 Å². The summed E-state index contributed by atoms with van der Waals surface area (Å²) in [7, 11) is 0. The first kappa shape index (κ1) is 30.4. The van der Waals surface area contributed by atoms with Gasteiger partial charge in [0, 0.05) is 29.1 Å². The Morgan fingerprint density at radius 3 is 1.12 bits per heavy atom. The molecular weight excluding hydrogens is 496 g/mol. The predicted octanol–water partition coefficient (Wildman–Crippen LogP) is 10.7. The van der Waals surface area contributed by atoms with Gasteiger partial charge in [0.05, 0.1) is 0 Å². The third-order valence-electron chi connectivity index (χ3n) is 8.92. The molecular formula is C39H50N2. The van der Waals surface area contributed by atoms with Gasteiger partial charge in [-0.3, -0.25) is 0 Å². The molecule has 4 rings (SSSR count). The molecule has 4 N–H and O–H groups in total. The Morgan fingerprint density at radius 2 is 0.829 bits per heavy atom. The molecule has 0 aliphatic carbocycles. The van der Waals surface area contributed by atoms with Crippen LogP contribution in [-0.4, -0.2) is 0 Å². The van der Waals surface area contributed by atoms with Crippen molar-refractivity contribution >= 4 is 11.4 Å². The van der Waals surface area contributed by atoms with Crippen molar-refractivity contribution in [2.24, 2.45) is 0 Å². The van der Waals surface area contributed by atoms with Crippen molar-refractivity contribution in [3.63, 3.8) is 0 Å². The lowest BCUT2D eigenvalue weighted by atomic mass is 9.81. The van der Waals surface area contributed by atoms with Crippen molar-refractivity contribution in [3.05, 3.63) is 129 Å². The second-order valence-corrected chi connectivity index (χ2v) is 11.9. The molecule has 2 heteroatoms. The lowest BCUT2D eigenvalue weighted by Gasteiger charge is -2.23. The highest BCUT2D eigenvalue weighted by Gasteiger charge is 2.20. The van der Waals surface area contributed by atoms with E-state index in [1.807, 2.05) is 12.1 Å². The number of unbranched alkanes of at least 4 members (excludes halogenated alkanes) is 2. The first-order valence-corrected chi connectivity index (χ1v) is 15.8. The minimum atomic E-state index is 0.387. The van der Waals surface area contributed by atoms with E-state index in [2.05, 4.69) is 107 Å². The fourth-order valence-corrected chi connectivity index (χ4v) is 6.58. The number of benzene rings is 4. The number of nitrogens with two attached hydrogens (primary N) is 2. The van der Waals surface area contributed by atoms with Crippen LogP contribution in [0.15, 0.2) is 84.9 Å². The Bertz CT molecular complexity index is 1280. The predicted molar refractivity (Wildman–Crippen MR) is 179 cm³/mol. The summed E-state index contributed by atoms with van der Waals surface area (Å²) < 4.78 is 0. The van der Waals surface area contributed by atoms with Gasteiger partial charge in [-0.25, -0.2) is 0 Å². The first-order valence-electron chi connectivity index (χ1n) is 15.8. The van der Waals surface area contributed by atoms with Crippen molar-refractivity contribution in [3.8, 4) is 0 Å². The van der Waals surface area contributed by atoms with Gasteiger partial charge in [-0.15, -0.1) is 0 Å². The molecule has 2 unspecified atom stereocenters. The average Bonchev–Trinajstić information content (AvgIpc) is 2.97. The minimum Gasteiger partial charge on any atom is -0.399 e. The van der Waals surface area contributed by atoms with Gasteiger partial charge in [-0.2, -0.15) is 0 Å². The van der Waals surface area contributed by atoms with Crippen molar-refractivity contribution in [2.45, 2.75) is 97.3 Å².